The standard InChI is InChI=1S/C19H13ClFN3S/c1-11-16(12-2-6-14(21)7-3-12)17-18(22-10-23-19(17)25-11)24-15-8-4-13(20)5-9-15/h2-10H,1H3,(H,22,23,24). The SMILES string of the molecule is Cc1sc2ncnc(Nc3ccc(Cl)cc3)c2c1-c1ccc(F)cc1. The second-order valence-electron chi connectivity index (χ2n) is 5.57. The highest BCUT2D eigenvalue weighted by Crippen LogP contribution is 2.41. The van der Waals surface area contributed by atoms with Gasteiger partial charge in [-0.2, -0.15) is 0 Å². The second-order valence-corrected chi connectivity index (χ2v) is 7.21. The van der Waals surface area contributed by atoms with Crippen LogP contribution in [-0.2, 0) is 0 Å². The van der Waals surface area contributed by atoms with Gasteiger partial charge in [-0.1, -0.05) is 23.7 Å². The van der Waals surface area contributed by atoms with E-state index in [0.29, 0.717) is 5.02 Å². The highest BCUT2D eigenvalue weighted by Gasteiger charge is 2.17. The Morgan fingerprint density at radius 3 is 2.44 bits per heavy atom. The first-order valence-electron chi connectivity index (χ1n) is 7.64. The van der Waals surface area contributed by atoms with Crippen molar-refractivity contribution in [1.82, 2.24) is 9.97 Å². The highest BCUT2D eigenvalue weighted by atomic mass is 35.5. The van der Waals surface area contributed by atoms with Crippen LogP contribution in [0.3, 0.4) is 0 Å². The lowest BCUT2D eigenvalue weighted by Gasteiger charge is -2.09. The minimum atomic E-state index is -0.253. The maximum Gasteiger partial charge on any atom is 0.143 e. The van der Waals surface area contributed by atoms with E-state index < -0.39 is 0 Å². The highest BCUT2D eigenvalue weighted by molar-refractivity contribution is 7.19. The smallest absolute Gasteiger partial charge is 0.143 e. The van der Waals surface area contributed by atoms with Crippen molar-refractivity contribution in [2.45, 2.75) is 6.92 Å². The van der Waals surface area contributed by atoms with Crippen LogP contribution in [0.15, 0.2) is 54.9 Å². The molecule has 2 aromatic carbocycles. The molecule has 6 heteroatoms. The molecule has 0 unspecified atom stereocenters. The summed E-state index contributed by atoms with van der Waals surface area (Å²) in [6, 6.07) is 13.9. The molecule has 25 heavy (non-hydrogen) atoms. The van der Waals surface area contributed by atoms with Gasteiger partial charge in [-0.25, -0.2) is 14.4 Å². The number of thiophene rings is 1. The second kappa shape index (κ2) is 6.43. The van der Waals surface area contributed by atoms with Gasteiger partial charge in [0.05, 0.1) is 5.39 Å². The zero-order chi connectivity index (χ0) is 17.4. The number of aryl methyl sites for hydroxylation is 1. The number of rotatable bonds is 3. The van der Waals surface area contributed by atoms with Crippen molar-refractivity contribution in [3.8, 4) is 11.1 Å². The molecule has 4 aromatic rings. The van der Waals surface area contributed by atoms with Crippen molar-refractivity contribution < 1.29 is 4.39 Å². The molecule has 1 N–H and O–H groups in total. The molecule has 0 aliphatic rings. The Labute approximate surface area is 153 Å². The van der Waals surface area contributed by atoms with E-state index in [1.807, 2.05) is 31.2 Å². The van der Waals surface area contributed by atoms with E-state index in [4.69, 9.17) is 11.6 Å². The van der Waals surface area contributed by atoms with Gasteiger partial charge in [0.15, 0.2) is 0 Å². The molecule has 3 nitrogen and oxygen atoms in total. The molecular weight excluding hydrogens is 357 g/mol. The molecule has 0 amide bonds. The quantitative estimate of drug-likeness (QED) is 0.467. The van der Waals surface area contributed by atoms with Gasteiger partial charge in [0.2, 0.25) is 0 Å². The Hall–Kier alpha value is -2.50. The number of nitrogens with zero attached hydrogens (tertiary/aromatic N) is 2. The first-order valence-corrected chi connectivity index (χ1v) is 8.84. The molecule has 0 atom stereocenters. The van der Waals surface area contributed by atoms with Crippen LogP contribution in [0, 0.1) is 12.7 Å². The van der Waals surface area contributed by atoms with Crippen LogP contribution in [0.2, 0.25) is 5.02 Å². The number of nitrogens with one attached hydrogen (secondary N) is 1. The molecule has 0 saturated heterocycles. The molecule has 0 radical (unpaired) electrons. The number of benzene rings is 2. The Bertz CT molecular complexity index is 1040. The zero-order valence-corrected chi connectivity index (χ0v) is 14.8. The average Bonchev–Trinajstić information content (AvgIpc) is 2.95. The molecule has 0 spiro atoms. The van der Waals surface area contributed by atoms with Crippen LogP contribution >= 0.6 is 22.9 Å². The molecule has 0 saturated carbocycles. The maximum atomic E-state index is 13.3. The largest absolute Gasteiger partial charge is 0.340 e. The first-order chi connectivity index (χ1) is 12.1. The van der Waals surface area contributed by atoms with E-state index in [2.05, 4.69) is 15.3 Å². The molecule has 2 aromatic heterocycles. The Morgan fingerprint density at radius 1 is 1.00 bits per heavy atom. The van der Waals surface area contributed by atoms with Gasteiger partial charge in [-0.05, 0) is 48.9 Å². The van der Waals surface area contributed by atoms with E-state index >= 15 is 0 Å². The van der Waals surface area contributed by atoms with E-state index in [-0.39, 0.29) is 5.82 Å². The Kier molecular flexibility index (Phi) is 4.11. The maximum absolute atomic E-state index is 13.3. The van der Waals surface area contributed by atoms with Crippen LogP contribution in [0.5, 0.6) is 0 Å². The third kappa shape index (κ3) is 3.08. The topological polar surface area (TPSA) is 37.8 Å². The lowest BCUT2D eigenvalue weighted by atomic mass is 10.0. The predicted molar refractivity (Wildman–Crippen MR) is 102 cm³/mol. The van der Waals surface area contributed by atoms with Crippen molar-refractivity contribution in [3.05, 3.63) is 70.6 Å². The number of halogens is 2. The van der Waals surface area contributed by atoms with Gasteiger partial charge in [-0.15, -0.1) is 11.3 Å². The van der Waals surface area contributed by atoms with E-state index in [1.165, 1.54) is 12.1 Å². The lowest BCUT2D eigenvalue weighted by molar-refractivity contribution is 0.628. The predicted octanol–water partition coefficient (Wildman–Crippen LogP) is 6.20. The summed E-state index contributed by atoms with van der Waals surface area (Å²) in [5.74, 6) is 0.465. The van der Waals surface area contributed by atoms with Gasteiger partial charge < -0.3 is 5.32 Å². The first kappa shape index (κ1) is 16.0. The van der Waals surface area contributed by atoms with Crippen LogP contribution in [0.1, 0.15) is 4.88 Å². The number of hydrogen-bond acceptors (Lipinski definition) is 4. The molecule has 0 bridgehead atoms. The summed E-state index contributed by atoms with van der Waals surface area (Å²) in [6.07, 6.45) is 1.55. The molecule has 0 fully saturated rings. The van der Waals surface area contributed by atoms with Crippen molar-refractivity contribution in [2.24, 2.45) is 0 Å². The molecule has 0 aliphatic carbocycles. The molecule has 2 heterocycles. The number of hydrogen-bond donors (Lipinski definition) is 1. The third-order valence-electron chi connectivity index (χ3n) is 3.90. The Balaban J connectivity index is 1.87. The normalized spacial score (nSPS) is 11.0. The minimum absolute atomic E-state index is 0.253. The zero-order valence-electron chi connectivity index (χ0n) is 13.3. The summed E-state index contributed by atoms with van der Waals surface area (Å²) in [7, 11) is 0. The minimum Gasteiger partial charge on any atom is -0.340 e. The fourth-order valence-corrected chi connectivity index (χ4v) is 3.91. The summed E-state index contributed by atoms with van der Waals surface area (Å²) in [6.45, 7) is 2.04. The van der Waals surface area contributed by atoms with Crippen LogP contribution in [0.25, 0.3) is 21.3 Å². The Morgan fingerprint density at radius 2 is 1.72 bits per heavy atom. The summed E-state index contributed by atoms with van der Waals surface area (Å²) in [5, 5.41) is 4.95. The molecule has 124 valence electrons. The van der Waals surface area contributed by atoms with Gasteiger partial charge in [-0.3, -0.25) is 0 Å². The molecule has 4 rings (SSSR count). The van der Waals surface area contributed by atoms with Crippen LogP contribution in [-0.4, -0.2) is 9.97 Å². The van der Waals surface area contributed by atoms with Crippen molar-refractivity contribution in [2.75, 3.05) is 5.32 Å². The van der Waals surface area contributed by atoms with Crippen LogP contribution in [0.4, 0.5) is 15.9 Å². The number of aromatic nitrogens is 2. The number of fused-ring (bicyclic) bond motifs is 1. The fourth-order valence-electron chi connectivity index (χ4n) is 2.77. The van der Waals surface area contributed by atoms with E-state index in [9.17, 15) is 4.39 Å². The summed E-state index contributed by atoms with van der Waals surface area (Å²) >= 11 is 7.55. The monoisotopic (exact) mass is 369 g/mol. The van der Waals surface area contributed by atoms with Crippen molar-refractivity contribution in [1.29, 1.82) is 0 Å². The summed E-state index contributed by atoms with van der Waals surface area (Å²) in [5.41, 5.74) is 2.86. The third-order valence-corrected chi connectivity index (χ3v) is 5.17. The lowest BCUT2D eigenvalue weighted by Crippen LogP contribution is -1.95. The molecular formula is C19H13ClFN3S. The van der Waals surface area contributed by atoms with E-state index in [0.717, 1.165) is 37.7 Å². The summed E-state index contributed by atoms with van der Waals surface area (Å²) < 4.78 is 13.3. The van der Waals surface area contributed by atoms with E-state index in [1.54, 1.807) is 29.8 Å². The van der Waals surface area contributed by atoms with Crippen LogP contribution < -0.4 is 5.32 Å². The number of anilines is 2. The van der Waals surface area contributed by atoms with Gasteiger partial charge in [0.25, 0.3) is 0 Å². The van der Waals surface area contributed by atoms with Gasteiger partial charge >= 0.3 is 0 Å². The average molecular weight is 370 g/mol. The summed E-state index contributed by atoms with van der Waals surface area (Å²) in [4.78, 5) is 10.8. The fraction of sp³-hybridized carbons (Fsp3) is 0.0526. The van der Waals surface area contributed by atoms with Gasteiger partial charge in [0, 0.05) is 21.2 Å². The van der Waals surface area contributed by atoms with Crippen molar-refractivity contribution in [3.63, 3.8) is 0 Å². The van der Waals surface area contributed by atoms with Crippen molar-refractivity contribution >= 4 is 44.7 Å². The van der Waals surface area contributed by atoms with Gasteiger partial charge in [0.1, 0.15) is 22.8 Å². The molecule has 0 aliphatic heterocycles.